The van der Waals surface area contributed by atoms with Crippen molar-refractivity contribution in [2.24, 2.45) is 5.92 Å². The van der Waals surface area contributed by atoms with E-state index < -0.39 is 0 Å². The molecule has 130 valence electrons. The molecular formula is C18H25N3O3. The predicted molar refractivity (Wildman–Crippen MR) is 91.4 cm³/mol. The van der Waals surface area contributed by atoms with Crippen LogP contribution in [0.4, 0.5) is 0 Å². The molecule has 1 N–H and O–H groups in total. The Balaban J connectivity index is 1.82. The van der Waals surface area contributed by atoms with E-state index >= 15 is 0 Å². The van der Waals surface area contributed by atoms with Crippen molar-refractivity contribution >= 4 is 17.7 Å². The number of benzene rings is 1. The number of amides is 3. The SMILES string of the molecule is CC(C)C(=O)N1CCCN(C(=O)CNC(=O)c2ccccc2)CC1. The highest BCUT2D eigenvalue weighted by Gasteiger charge is 2.23. The molecule has 6 nitrogen and oxygen atoms in total. The molecule has 1 heterocycles. The van der Waals surface area contributed by atoms with Gasteiger partial charge in [-0.05, 0) is 18.6 Å². The molecule has 0 spiro atoms. The molecule has 1 aliphatic rings. The monoisotopic (exact) mass is 331 g/mol. The first kappa shape index (κ1) is 18.0. The van der Waals surface area contributed by atoms with Crippen molar-refractivity contribution in [2.45, 2.75) is 20.3 Å². The molecule has 24 heavy (non-hydrogen) atoms. The van der Waals surface area contributed by atoms with Gasteiger partial charge in [0.2, 0.25) is 11.8 Å². The van der Waals surface area contributed by atoms with Crippen LogP contribution in [-0.2, 0) is 9.59 Å². The molecule has 1 aromatic carbocycles. The van der Waals surface area contributed by atoms with Crippen molar-refractivity contribution in [3.05, 3.63) is 35.9 Å². The number of carbonyl (C=O) groups excluding carboxylic acids is 3. The van der Waals surface area contributed by atoms with Crippen LogP contribution in [-0.4, -0.2) is 60.2 Å². The van der Waals surface area contributed by atoms with Gasteiger partial charge < -0.3 is 15.1 Å². The van der Waals surface area contributed by atoms with Crippen LogP contribution in [0.5, 0.6) is 0 Å². The predicted octanol–water partition coefficient (Wildman–Crippen LogP) is 1.13. The van der Waals surface area contributed by atoms with E-state index in [-0.39, 0.29) is 30.2 Å². The molecule has 0 aliphatic carbocycles. The lowest BCUT2D eigenvalue weighted by Crippen LogP contribution is -2.42. The van der Waals surface area contributed by atoms with Gasteiger partial charge in [-0.25, -0.2) is 0 Å². The van der Waals surface area contributed by atoms with Crippen molar-refractivity contribution < 1.29 is 14.4 Å². The van der Waals surface area contributed by atoms with Crippen molar-refractivity contribution in [2.75, 3.05) is 32.7 Å². The summed E-state index contributed by atoms with van der Waals surface area (Å²) < 4.78 is 0. The maximum absolute atomic E-state index is 12.3. The van der Waals surface area contributed by atoms with Gasteiger partial charge in [-0.1, -0.05) is 32.0 Å². The van der Waals surface area contributed by atoms with Crippen LogP contribution in [0.1, 0.15) is 30.6 Å². The van der Waals surface area contributed by atoms with E-state index in [1.54, 1.807) is 29.2 Å². The summed E-state index contributed by atoms with van der Waals surface area (Å²) in [4.78, 5) is 39.9. The summed E-state index contributed by atoms with van der Waals surface area (Å²) in [7, 11) is 0. The Hall–Kier alpha value is -2.37. The second-order valence-corrected chi connectivity index (χ2v) is 6.26. The first-order valence-electron chi connectivity index (χ1n) is 8.39. The Morgan fingerprint density at radius 3 is 2.29 bits per heavy atom. The number of hydrogen-bond acceptors (Lipinski definition) is 3. The molecule has 0 aromatic heterocycles. The van der Waals surface area contributed by atoms with Gasteiger partial charge in [-0.3, -0.25) is 14.4 Å². The molecule has 0 bridgehead atoms. The first-order valence-corrected chi connectivity index (χ1v) is 8.39. The van der Waals surface area contributed by atoms with E-state index in [0.29, 0.717) is 31.7 Å². The van der Waals surface area contributed by atoms with Crippen LogP contribution >= 0.6 is 0 Å². The summed E-state index contributed by atoms with van der Waals surface area (Å²) in [6.07, 6.45) is 0.761. The first-order chi connectivity index (χ1) is 11.5. The Morgan fingerprint density at radius 2 is 1.62 bits per heavy atom. The summed E-state index contributed by atoms with van der Waals surface area (Å²) in [5, 5.41) is 2.66. The Morgan fingerprint density at radius 1 is 1.00 bits per heavy atom. The van der Waals surface area contributed by atoms with Gasteiger partial charge >= 0.3 is 0 Å². The van der Waals surface area contributed by atoms with E-state index in [4.69, 9.17) is 0 Å². The second-order valence-electron chi connectivity index (χ2n) is 6.26. The van der Waals surface area contributed by atoms with Crippen molar-refractivity contribution in [3.63, 3.8) is 0 Å². The van der Waals surface area contributed by atoms with E-state index in [1.807, 2.05) is 24.8 Å². The summed E-state index contributed by atoms with van der Waals surface area (Å²) >= 11 is 0. The smallest absolute Gasteiger partial charge is 0.251 e. The topological polar surface area (TPSA) is 69.7 Å². The molecule has 2 rings (SSSR count). The average Bonchev–Trinajstić information content (AvgIpc) is 2.85. The Bertz CT molecular complexity index is 586. The third-order valence-corrected chi connectivity index (χ3v) is 4.09. The fourth-order valence-corrected chi connectivity index (χ4v) is 2.71. The molecule has 1 aliphatic heterocycles. The van der Waals surface area contributed by atoms with Gasteiger partial charge in [-0.2, -0.15) is 0 Å². The molecule has 1 fully saturated rings. The summed E-state index contributed by atoms with van der Waals surface area (Å²) in [5.41, 5.74) is 0.537. The molecule has 0 atom stereocenters. The zero-order chi connectivity index (χ0) is 17.5. The molecule has 1 aromatic rings. The molecule has 0 saturated carbocycles. The van der Waals surface area contributed by atoms with Crippen LogP contribution in [0, 0.1) is 5.92 Å². The largest absolute Gasteiger partial charge is 0.343 e. The standard InChI is InChI=1S/C18H25N3O3/c1-14(2)18(24)21-10-6-9-20(11-12-21)16(22)13-19-17(23)15-7-4-3-5-8-15/h3-5,7-8,14H,6,9-13H2,1-2H3,(H,19,23). The van der Waals surface area contributed by atoms with Crippen molar-refractivity contribution in [1.29, 1.82) is 0 Å². The zero-order valence-electron chi connectivity index (χ0n) is 14.3. The van der Waals surface area contributed by atoms with Crippen LogP contribution < -0.4 is 5.32 Å². The number of nitrogens with zero attached hydrogens (tertiary/aromatic N) is 2. The van der Waals surface area contributed by atoms with E-state index in [1.165, 1.54) is 0 Å². The van der Waals surface area contributed by atoms with Crippen molar-refractivity contribution in [3.8, 4) is 0 Å². The van der Waals surface area contributed by atoms with Crippen LogP contribution in [0.25, 0.3) is 0 Å². The maximum Gasteiger partial charge on any atom is 0.251 e. The highest BCUT2D eigenvalue weighted by Crippen LogP contribution is 2.08. The minimum Gasteiger partial charge on any atom is -0.343 e. The van der Waals surface area contributed by atoms with Gasteiger partial charge in [-0.15, -0.1) is 0 Å². The lowest BCUT2D eigenvalue weighted by Gasteiger charge is -2.23. The third-order valence-electron chi connectivity index (χ3n) is 4.09. The molecule has 0 radical (unpaired) electrons. The van der Waals surface area contributed by atoms with Gasteiger partial charge in [0.15, 0.2) is 0 Å². The average molecular weight is 331 g/mol. The molecule has 1 saturated heterocycles. The number of hydrogen-bond donors (Lipinski definition) is 1. The Kier molecular flexibility index (Phi) is 6.35. The maximum atomic E-state index is 12.3. The quantitative estimate of drug-likeness (QED) is 0.899. The van der Waals surface area contributed by atoms with Crippen molar-refractivity contribution in [1.82, 2.24) is 15.1 Å². The number of carbonyl (C=O) groups is 3. The lowest BCUT2D eigenvalue weighted by molar-refractivity contribution is -0.135. The second kappa shape index (κ2) is 8.47. The fourth-order valence-electron chi connectivity index (χ4n) is 2.71. The zero-order valence-corrected chi connectivity index (χ0v) is 14.3. The minimum atomic E-state index is -0.254. The van der Waals surface area contributed by atoms with Crippen LogP contribution in [0.15, 0.2) is 30.3 Å². The van der Waals surface area contributed by atoms with E-state index in [2.05, 4.69) is 5.32 Å². The minimum absolute atomic E-state index is 0.0220. The van der Waals surface area contributed by atoms with E-state index in [0.717, 1.165) is 6.42 Å². The molecular weight excluding hydrogens is 306 g/mol. The molecule has 6 heteroatoms. The molecule has 0 unspecified atom stereocenters. The summed E-state index contributed by atoms with van der Waals surface area (Å²) in [5.74, 6) is -0.271. The highest BCUT2D eigenvalue weighted by molar-refractivity contribution is 5.96. The van der Waals surface area contributed by atoms with Gasteiger partial charge in [0.05, 0.1) is 6.54 Å². The van der Waals surface area contributed by atoms with Gasteiger partial charge in [0.25, 0.3) is 5.91 Å². The normalized spacial score (nSPS) is 15.1. The van der Waals surface area contributed by atoms with Gasteiger partial charge in [0.1, 0.15) is 0 Å². The third kappa shape index (κ3) is 4.81. The highest BCUT2D eigenvalue weighted by atomic mass is 16.2. The van der Waals surface area contributed by atoms with Crippen LogP contribution in [0.3, 0.4) is 0 Å². The van der Waals surface area contributed by atoms with Crippen LogP contribution in [0.2, 0.25) is 0 Å². The number of nitrogens with one attached hydrogen (secondary N) is 1. The van der Waals surface area contributed by atoms with Gasteiger partial charge in [0, 0.05) is 37.7 Å². The number of rotatable bonds is 4. The van der Waals surface area contributed by atoms with E-state index in [9.17, 15) is 14.4 Å². The summed E-state index contributed by atoms with van der Waals surface area (Å²) in [6.45, 7) is 6.10. The Labute approximate surface area is 142 Å². The summed E-state index contributed by atoms with van der Waals surface area (Å²) in [6, 6.07) is 8.82. The fraction of sp³-hybridized carbons (Fsp3) is 0.500. The molecule has 3 amide bonds. The lowest BCUT2D eigenvalue weighted by atomic mass is 10.2.